The van der Waals surface area contributed by atoms with Gasteiger partial charge in [0.2, 0.25) is 5.82 Å². The van der Waals surface area contributed by atoms with Gasteiger partial charge in [0.25, 0.3) is 5.89 Å². The molecule has 3 rings (SSSR count). The molecule has 21 heavy (non-hydrogen) atoms. The molecule has 4 nitrogen and oxygen atoms in total. The first-order valence-corrected chi connectivity index (χ1v) is 7.41. The predicted molar refractivity (Wildman–Crippen MR) is 82.2 cm³/mol. The third-order valence-electron chi connectivity index (χ3n) is 2.79. The van der Waals surface area contributed by atoms with E-state index in [1.807, 2.05) is 0 Å². The van der Waals surface area contributed by atoms with Gasteiger partial charge in [-0.3, -0.25) is 0 Å². The number of halogens is 3. The summed E-state index contributed by atoms with van der Waals surface area (Å²) in [7, 11) is 0. The molecule has 1 heterocycles. The van der Waals surface area contributed by atoms with Gasteiger partial charge < -0.3 is 9.63 Å². The number of nitrogens with zero attached hydrogens (tertiary/aromatic N) is 2. The third-order valence-corrected chi connectivity index (χ3v) is 3.89. The van der Waals surface area contributed by atoms with Crippen LogP contribution in [0.1, 0.15) is 0 Å². The number of benzene rings is 2. The van der Waals surface area contributed by atoms with Crippen LogP contribution in [0.2, 0.25) is 0 Å². The number of phenolic OH excluding ortho intramolecular Hbond substituents is 1. The molecule has 0 unspecified atom stereocenters. The maximum absolute atomic E-state index is 13.2. The van der Waals surface area contributed by atoms with Crippen LogP contribution in [0.4, 0.5) is 4.39 Å². The van der Waals surface area contributed by atoms with Gasteiger partial charge in [-0.25, -0.2) is 4.39 Å². The van der Waals surface area contributed by atoms with Gasteiger partial charge in [-0.2, -0.15) is 4.98 Å². The van der Waals surface area contributed by atoms with Crippen molar-refractivity contribution in [2.75, 3.05) is 0 Å². The van der Waals surface area contributed by atoms with Crippen LogP contribution in [-0.4, -0.2) is 15.2 Å². The van der Waals surface area contributed by atoms with E-state index < -0.39 is 0 Å². The Hall–Kier alpha value is -1.73. The van der Waals surface area contributed by atoms with Gasteiger partial charge >= 0.3 is 0 Å². The standard InChI is InChI=1S/C14H7Br2FN2O2/c15-8-2-3-9(12(20)6-8)14-18-13(19-21-14)7-1-4-11(17)10(16)5-7/h1-6,20H. The van der Waals surface area contributed by atoms with Crippen molar-refractivity contribution >= 4 is 31.9 Å². The number of hydrogen-bond donors (Lipinski definition) is 1. The molecule has 0 aliphatic carbocycles. The molecule has 0 saturated heterocycles. The molecule has 0 amide bonds. The summed E-state index contributed by atoms with van der Waals surface area (Å²) < 4.78 is 19.4. The zero-order valence-corrected chi connectivity index (χ0v) is 13.5. The predicted octanol–water partition coefficient (Wildman–Crippen LogP) is 4.77. The zero-order chi connectivity index (χ0) is 15.0. The van der Waals surface area contributed by atoms with Gasteiger partial charge in [0.05, 0.1) is 10.0 Å². The Morgan fingerprint density at radius 1 is 1.10 bits per heavy atom. The van der Waals surface area contributed by atoms with E-state index in [1.165, 1.54) is 12.1 Å². The number of hydrogen-bond acceptors (Lipinski definition) is 4. The average Bonchev–Trinajstić information content (AvgIpc) is 2.91. The lowest BCUT2D eigenvalue weighted by Gasteiger charge is -1.99. The highest BCUT2D eigenvalue weighted by molar-refractivity contribution is 9.10. The Labute approximate surface area is 135 Å². The SMILES string of the molecule is Oc1cc(Br)ccc1-c1nc(-c2ccc(F)c(Br)c2)no1. The lowest BCUT2D eigenvalue weighted by atomic mass is 10.2. The summed E-state index contributed by atoms with van der Waals surface area (Å²) in [6.07, 6.45) is 0. The van der Waals surface area contributed by atoms with Crippen molar-refractivity contribution in [3.8, 4) is 28.6 Å². The van der Waals surface area contributed by atoms with Crippen LogP contribution in [0.5, 0.6) is 5.75 Å². The van der Waals surface area contributed by atoms with Gasteiger partial charge in [-0.05, 0) is 52.3 Å². The van der Waals surface area contributed by atoms with Crippen LogP contribution in [0.25, 0.3) is 22.8 Å². The Bertz CT molecular complexity index is 820. The average molecular weight is 414 g/mol. The van der Waals surface area contributed by atoms with Crippen LogP contribution >= 0.6 is 31.9 Å². The highest BCUT2D eigenvalue weighted by Crippen LogP contribution is 2.32. The molecule has 3 aromatic rings. The fraction of sp³-hybridized carbons (Fsp3) is 0. The number of phenols is 1. The van der Waals surface area contributed by atoms with E-state index in [1.54, 1.807) is 24.3 Å². The summed E-state index contributed by atoms with van der Waals surface area (Å²) in [5, 5.41) is 13.7. The van der Waals surface area contributed by atoms with Gasteiger partial charge in [-0.15, -0.1) is 0 Å². The van der Waals surface area contributed by atoms with Crippen LogP contribution < -0.4 is 0 Å². The smallest absolute Gasteiger partial charge is 0.261 e. The fourth-order valence-electron chi connectivity index (χ4n) is 1.77. The largest absolute Gasteiger partial charge is 0.507 e. The van der Waals surface area contributed by atoms with Gasteiger partial charge in [0.1, 0.15) is 11.6 Å². The Kier molecular flexibility index (Phi) is 3.77. The van der Waals surface area contributed by atoms with Crippen LogP contribution in [0, 0.1) is 5.82 Å². The summed E-state index contributed by atoms with van der Waals surface area (Å²) >= 11 is 6.37. The molecule has 0 atom stereocenters. The second-order valence-corrected chi connectivity index (χ2v) is 5.98. The third kappa shape index (κ3) is 2.84. The fourth-order valence-corrected chi connectivity index (χ4v) is 2.50. The molecule has 1 aromatic heterocycles. The van der Waals surface area contributed by atoms with Crippen molar-refractivity contribution < 1.29 is 14.0 Å². The first-order valence-electron chi connectivity index (χ1n) is 5.82. The molecule has 0 saturated carbocycles. The lowest BCUT2D eigenvalue weighted by Crippen LogP contribution is -1.84. The molecular formula is C14H7Br2FN2O2. The van der Waals surface area contributed by atoms with E-state index in [0.717, 1.165) is 4.47 Å². The van der Waals surface area contributed by atoms with E-state index in [0.29, 0.717) is 21.4 Å². The number of rotatable bonds is 2. The minimum Gasteiger partial charge on any atom is -0.507 e. The summed E-state index contributed by atoms with van der Waals surface area (Å²) in [4.78, 5) is 4.22. The topological polar surface area (TPSA) is 59.2 Å². The van der Waals surface area contributed by atoms with E-state index >= 15 is 0 Å². The molecule has 106 valence electrons. The maximum Gasteiger partial charge on any atom is 0.261 e. The second kappa shape index (κ2) is 5.57. The van der Waals surface area contributed by atoms with Crippen molar-refractivity contribution in [3.63, 3.8) is 0 Å². The van der Waals surface area contributed by atoms with Crippen molar-refractivity contribution in [2.24, 2.45) is 0 Å². The second-order valence-electron chi connectivity index (χ2n) is 4.21. The van der Waals surface area contributed by atoms with Crippen molar-refractivity contribution in [1.82, 2.24) is 10.1 Å². The molecular weight excluding hydrogens is 407 g/mol. The van der Waals surface area contributed by atoms with Crippen LogP contribution in [0.15, 0.2) is 49.9 Å². The van der Waals surface area contributed by atoms with E-state index in [2.05, 4.69) is 42.0 Å². The minimum absolute atomic E-state index is 0.0276. The molecule has 0 aliphatic rings. The first-order chi connectivity index (χ1) is 10.0. The quantitative estimate of drug-likeness (QED) is 0.657. The summed E-state index contributed by atoms with van der Waals surface area (Å²) in [6, 6.07) is 9.38. The van der Waals surface area contributed by atoms with Gasteiger partial charge in [0.15, 0.2) is 0 Å². The highest BCUT2D eigenvalue weighted by atomic mass is 79.9. The molecule has 0 fully saturated rings. The molecule has 2 aromatic carbocycles. The number of aromatic hydroxyl groups is 1. The summed E-state index contributed by atoms with van der Waals surface area (Å²) in [5.41, 5.74) is 1.04. The minimum atomic E-state index is -0.368. The summed E-state index contributed by atoms with van der Waals surface area (Å²) in [5.74, 6) is 0.163. The first kappa shape index (κ1) is 14.2. The van der Waals surface area contributed by atoms with Crippen molar-refractivity contribution in [1.29, 1.82) is 0 Å². The molecule has 7 heteroatoms. The molecule has 1 N–H and O–H groups in total. The Morgan fingerprint density at radius 3 is 2.62 bits per heavy atom. The van der Waals surface area contributed by atoms with E-state index in [9.17, 15) is 9.50 Å². The number of aromatic nitrogens is 2. The molecule has 0 spiro atoms. The highest BCUT2D eigenvalue weighted by Gasteiger charge is 2.15. The van der Waals surface area contributed by atoms with Gasteiger partial charge in [0, 0.05) is 10.0 Å². The Morgan fingerprint density at radius 2 is 1.90 bits per heavy atom. The van der Waals surface area contributed by atoms with E-state index in [-0.39, 0.29) is 17.5 Å². The lowest BCUT2D eigenvalue weighted by molar-refractivity contribution is 0.425. The van der Waals surface area contributed by atoms with Crippen molar-refractivity contribution in [2.45, 2.75) is 0 Å². The van der Waals surface area contributed by atoms with Crippen LogP contribution in [0.3, 0.4) is 0 Å². The van der Waals surface area contributed by atoms with Crippen LogP contribution in [-0.2, 0) is 0 Å². The van der Waals surface area contributed by atoms with E-state index in [4.69, 9.17) is 4.52 Å². The molecule has 0 aliphatic heterocycles. The molecule has 0 radical (unpaired) electrons. The van der Waals surface area contributed by atoms with Crippen molar-refractivity contribution in [3.05, 3.63) is 51.2 Å². The normalized spacial score (nSPS) is 10.8. The zero-order valence-electron chi connectivity index (χ0n) is 10.3. The monoisotopic (exact) mass is 412 g/mol. The maximum atomic E-state index is 13.2. The Balaban J connectivity index is 2.01. The molecule has 0 bridgehead atoms. The van der Waals surface area contributed by atoms with Gasteiger partial charge in [-0.1, -0.05) is 21.1 Å². The summed E-state index contributed by atoms with van der Waals surface area (Å²) in [6.45, 7) is 0.